The van der Waals surface area contributed by atoms with Crippen LogP contribution in [0.1, 0.15) is 17.5 Å². The van der Waals surface area contributed by atoms with Crippen LogP contribution in [0.4, 0.5) is 0 Å². The van der Waals surface area contributed by atoms with E-state index in [-0.39, 0.29) is 0 Å². The third-order valence-corrected chi connectivity index (χ3v) is 5.15. The molecule has 2 fully saturated rings. The molecule has 3 aliphatic rings. The molecule has 0 radical (unpaired) electrons. The summed E-state index contributed by atoms with van der Waals surface area (Å²) >= 11 is 0. The van der Waals surface area contributed by atoms with Gasteiger partial charge in [-0.2, -0.15) is 0 Å². The predicted octanol–water partition coefficient (Wildman–Crippen LogP) is 1.77. The molecule has 4 rings (SSSR count). The summed E-state index contributed by atoms with van der Waals surface area (Å²) in [6.07, 6.45) is 2.49. The van der Waals surface area contributed by atoms with Gasteiger partial charge in [-0.3, -0.25) is 9.80 Å². The van der Waals surface area contributed by atoms with Crippen LogP contribution in [0.2, 0.25) is 0 Å². The minimum atomic E-state index is 0.783. The molecule has 3 aliphatic heterocycles. The van der Waals surface area contributed by atoms with Crippen LogP contribution in [0.15, 0.2) is 24.3 Å². The fourth-order valence-electron chi connectivity index (χ4n) is 3.84. The van der Waals surface area contributed by atoms with E-state index in [1.807, 2.05) is 0 Å². The van der Waals surface area contributed by atoms with Crippen LogP contribution < -0.4 is 0 Å². The molecule has 0 spiro atoms. The summed E-state index contributed by atoms with van der Waals surface area (Å²) in [6, 6.07) is 9.72. The first kappa shape index (κ1) is 12.8. The van der Waals surface area contributed by atoms with Crippen molar-refractivity contribution in [3.8, 4) is 0 Å². The molecule has 1 aromatic carbocycles. The fourth-order valence-corrected chi connectivity index (χ4v) is 3.84. The lowest BCUT2D eigenvalue weighted by Crippen LogP contribution is -2.60. The van der Waals surface area contributed by atoms with Gasteiger partial charge in [0.2, 0.25) is 0 Å². The van der Waals surface area contributed by atoms with Crippen molar-refractivity contribution in [2.75, 3.05) is 39.4 Å². The Morgan fingerprint density at radius 1 is 1.15 bits per heavy atom. The summed E-state index contributed by atoms with van der Waals surface area (Å²) in [7, 11) is 0. The van der Waals surface area contributed by atoms with Gasteiger partial charge in [0.1, 0.15) is 0 Å². The van der Waals surface area contributed by atoms with Crippen molar-refractivity contribution in [1.29, 1.82) is 0 Å². The summed E-state index contributed by atoms with van der Waals surface area (Å²) in [4.78, 5) is 5.30. The monoisotopic (exact) mass is 272 g/mol. The van der Waals surface area contributed by atoms with Crippen LogP contribution in [0.3, 0.4) is 0 Å². The largest absolute Gasteiger partial charge is 0.381 e. The second-order valence-corrected chi connectivity index (χ2v) is 6.59. The molecule has 0 bridgehead atoms. The zero-order valence-corrected chi connectivity index (χ0v) is 12.1. The molecule has 3 heterocycles. The maximum atomic E-state index is 5.47. The van der Waals surface area contributed by atoms with Gasteiger partial charge in [0.15, 0.2) is 0 Å². The van der Waals surface area contributed by atoms with Crippen molar-refractivity contribution >= 4 is 0 Å². The number of rotatable bonds is 3. The van der Waals surface area contributed by atoms with Crippen LogP contribution in [-0.2, 0) is 17.7 Å². The summed E-state index contributed by atoms with van der Waals surface area (Å²) in [5, 5.41) is 0. The van der Waals surface area contributed by atoms with E-state index in [0.29, 0.717) is 0 Å². The zero-order chi connectivity index (χ0) is 13.4. The summed E-state index contributed by atoms with van der Waals surface area (Å²) in [5.74, 6) is 0.790. The van der Waals surface area contributed by atoms with Gasteiger partial charge >= 0.3 is 0 Å². The molecular formula is C17H24N2O. The van der Waals surface area contributed by atoms with E-state index >= 15 is 0 Å². The highest BCUT2D eigenvalue weighted by Gasteiger charge is 2.34. The van der Waals surface area contributed by atoms with Gasteiger partial charge in [-0.05, 0) is 29.9 Å². The van der Waals surface area contributed by atoms with Gasteiger partial charge < -0.3 is 4.74 Å². The maximum Gasteiger partial charge on any atom is 0.0507 e. The standard InChI is InChI=1S/C17H24N2O/c1-2-4-16-10-19(7-5-15(16)3-1)17-11-18(12-17)9-14-6-8-20-13-14/h1-4,14,17H,5-13H2. The Morgan fingerprint density at radius 3 is 2.80 bits per heavy atom. The highest BCUT2D eigenvalue weighted by Crippen LogP contribution is 2.25. The Balaban J connectivity index is 1.29. The molecule has 0 aliphatic carbocycles. The van der Waals surface area contributed by atoms with Gasteiger partial charge in [-0.1, -0.05) is 24.3 Å². The normalized spacial score (nSPS) is 28.3. The first-order valence-electron chi connectivity index (χ1n) is 7.99. The smallest absolute Gasteiger partial charge is 0.0507 e. The highest BCUT2D eigenvalue weighted by molar-refractivity contribution is 5.29. The van der Waals surface area contributed by atoms with Crippen molar-refractivity contribution in [3.63, 3.8) is 0 Å². The molecule has 0 amide bonds. The second-order valence-electron chi connectivity index (χ2n) is 6.59. The van der Waals surface area contributed by atoms with E-state index in [2.05, 4.69) is 34.1 Å². The van der Waals surface area contributed by atoms with E-state index in [0.717, 1.165) is 31.7 Å². The minimum absolute atomic E-state index is 0.783. The van der Waals surface area contributed by atoms with Gasteiger partial charge in [0.05, 0.1) is 6.61 Å². The number of fused-ring (bicyclic) bond motifs is 1. The van der Waals surface area contributed by atoms with Crippen molar-refractivity contribution in [3.05, 3.63) is 35.4 Å². The Hall–Kier alpha value is -0.900. The summed E-state index contributed by atoms with van der Waals surface area (Å²) < 4.78 is 5.47. The predicted molar refractivity (Wildman–Crippen MR) is 79.7 cm³/mol. The summed E-state index contributed by atoms with van der Waals surface area (Å²) in [5.41, 5.74) is 3.10. The van der Waals surface area contributed by atoms with Crippen molar-refractivity contribution < 1.29 is 4.74 Å². The van der Waals surface area contributed by atoms with Gasteiger partial charge in [0.25, 0.3) is 0 Å². The van der Waals surface area contributed by atoms with Crippen LogP contribution in [0, 0.1) is 5.92 Å². The first-order chi connectivity index (χ1) is 9.88. The molecule has 108 valence electrons. The lowest BCUT2D eigenvalue weighted by Gasteiger charge is -2.47. The maximum absolute atomic E-state index is 5.47. The van der Waals surface area contributed by atoms with Gasteiger partial charge in [0, 0.05) is 45.4 Å². The SMILES string of the molecule is c1ccc2c(c1)CCN(C1CN(CC3CCOC3)C1)C2. The van der Waals surface area contributed by atoms with Gasteiger partial charge in [-0.25, -0.2) is 0 Å². The number of nitrogens with zero attached hydrogens (tertiary/aromatic N) is 2. The summed E-state index contributed by atoms with van der Waals surface area (Å²) in [6.45, 7) is 8.13. The molecule has 0 N–H and O–H groups in total. The molecule has 0 aromatic heterocycles. The van der Waals surface area contributed by atoms with Crippen molar-refractivity contribution in [2.45, 2.75) is 25.4 Å². The molecule has 1 unspecified atom stereocenters. The lowest BCUT2D eigenvalue weighted by molar-refractivity contribution is 0.0155. The topological polar surface area (TPSA) is 15.7 Å². The Kier molecular flexibility index (Phi) is 3.51. The molecule has 1 atom stereocenters. The van der Waals surface area contributed by atoms with E-state index in [4.69, 9.17) is 4.74 Å². The average molecular weight is 272 g/mol. The third kappa shape index (κ3) is 2.50. The van der Waals surface area contributed by atoms with Crippen LogP contribution in [-0.4, -0.2) is 55.2 Å². The Bertz CT molecular complexity index is 464. The van der Waals surface area contributed by atoms with Crippen LogP contribution >= 0.6 is 0 Å². The van der Waals surface area contributed by atoms with Crippen molar-refractivity contribution in [1.82, 2.24) is 9.80 Å². The Labute approximate surface area is 121 Å². The van der Waals surface area contributed by atoms with E-state index < -0.39 is 0 Å². The Morgan fingerprint density at radius 2 is 2.00 bits per heavy atom. The van der Waals surface area contributed by atoms with E-state index in [9.17, 15) is 0 Å². The first-order valence-corrected chi connectivity index (χ1v) is 7.99. The molecule has 20 heavy (non-hydrogen) atoms. The molecule has 3 nitrogen and oxygen atoms in total. The number of hydrogen-bond acceptors (Lipinski definition) is 3. The van der Waals surface area contributed by atoms with Crippen LogP contribution in [0.5, 0.6) is 0 Å². The number of benzene rings is 1. The van der Waals surface area contributed by atoms with Crippen molar-refractivity contribution in [2.24, 2.45) is 5.92 Å². The lowest BCUT2D eigenvalue weighted by atomic mass is 9.96. The average Bonchev–Trinajstić information content (AvgIpc) is 2.95. The highest BCUT2D eigenvalue weighted by atomic mass is 16.5. The van der Waals surface area contributed by atoms with Gasteiger partial charge in [-0.15, -0.1) is 0 Å². The fraction of sp³-hybridized carbons (Fsp3) is 0.647. The third-order valence-electron chi connectivity index (χ3n) is 5.15. The molecule has 1 aromatic rings. The number of ether oxygens (including phenoxy) is 1. The molecular weight excluding hydrogens is 248 g/mol. The van der Waals surface area contributed by atoms with E-state index in [1.165, 1.54) is 39.0 Å². The number of likely N-dealkylation sites (tertiary alicyclic amines) is 1. The quantitative estimate of drug-likeness (QED) is 0.834. The molecule has 2 saturated heterocycles. The second kappa shape index (κ2) is 5.47. The van der Waals surface area contributed by atoms with Crippen LogP contribution in [0.25, 0.3) is 0 Å². The van der Waals surface area contributed by atoms with E-state index in [1.54, 1.807) is 11.1 Å². The zero-order valence-electron chi connectivity index (χ0n) is 12.1. The molecule has 0 saturated carbocycles. The number of hydrogen-bond donors (Lipinski definition) is 0. The molecule has 3 heteroatoms. The minimum Gasteiger partial charge on any atom is -0.381 e.